The summed E-state index contributed by atoms with van der Waals surface area (Å²) in [5, 5.41) is 5.46. The van der Waals surface area contributed by atoms with Crippen LogP contribution in [0.3, 0.4) is 0 Å². The molecule has 1 unspecified atom stereocenters. The zero-order valence-corrected chi connectivity index (χ0v) is 11.9. The van der Waals surface area contributed by atoms with Crippen LogP contribution in [-0.4, -0.2) is 11.8 Å². The Morgan fingerprint density at radius 3 is 2.30 bits per heavy atom. The molecule has 1 aromatic rings. The summed E-state index contributed by atoms with van der Waals surface area (Å²) in [6.07, 6.45) is 1.87. The maximum Gasteiger partial charge on any atom is 0.233 e. The maximum atomic E-state index is 11.6. The predicted octanol–water partition coefficient (Wildman–Crippen LogP) is 2.40. The molecule has 0 aromatic heterocycles. The van der Waals surface area contributed by atoms with Gasteiger partial charge < -0.3 is 16.4 Å². The van der Waals surface area contributed by atoms with Crippen molar-refractivity contribution >= 4 is 23.2 Å². The van der Waals surface area contributed by atoms with Crippen LogP contribution in [0.2, 0.25) is 0 Å². The van der Waals surface area contributed by atoms with Gasteiger partial charge in [0.15, 0.2) is 0 Å². The average Bonchev–Trinajstić information content (AvgIpc) is 2.55. The van der Waals surface area contributed by atoms with Crippen LogP contribution in [0.1, 0.15) is 44.7 Å². The van der Waals surface area contributed by atoms with Crippen LogP contribution < -0.4 is 16.4 Å². The molecule has 0 bridgehead atoms. The third-order valence-corrected chi connectivity index (χ3v) is 3.85. The van der Waals surface area contributed by atoms with E-state index in [1.54, 1.807) is 6.07 Å². The van der Waals surface area contributed by atoms with E-state index < -0.39 is 0 Å². The van der Waals surface area contributed by atoms with Crippen LogP contribution in [0, 0.1) is 5.92 Å². The lowest BCUT2D eigenvalue weighted by Crippen LogP contribution is -2.20. The summed E-state index contributed by atoms with van der Waals surface area (Å²) in [6.45, 7) is 4.25. The van der Waals surface area contributed by atoms with Crippen molar-refractivity contribution in [3.63, 3.8) is 0 Å². The summed E-state index contributed by atoms with van der Waals surface area (Å²) in [5.74, 6) is -0.183. The Balaban J connectivity index is 2.31. The number of benzene rings is 1. The van der Waals surface area contributed by atoms with Gasteiger partial charge in [-0.05, 0) is 23.6 Å². The van der Waals surface area contributed by atoms with Crippen LogP contribution in [0.4, 0.5) is 11.4 Å². The Morgan fingerprint density at radius 2 is 1.70 bits per heavy atom. The van der Waals surface area contributed by atoms with Crippen molar-refractivity contribution in [2.75, 3.05) is 10.6 Å². The fraction of sp³-hybridized carbons (Fsp3) is 0.467. The van der Waals surface area contributed by atoms with Gasteiger partial charge in [-0.15, -0.1) is 0 Å². The Kier molecular flexibility index (Phi) is 4.39. The SMILES string of the molecule is CCC(CC)C(N)c1ccc2c(c1)NC(=O)CC(=O)N2. The molecule has 0 spiro atoms. The van der Waals surface area contributed by atoms with Crippen molar-refractivity contribution < 1.29 is 9.59 Å². The number of hydrogen-bond acceptors (Lipinski definition) is 3. The first-order chi connectivity index (χ1) is 9.55. The molecule has 20 heavy (non-hydrogen) atoms. The molecule has 2 amide bonds. The minimum Gasteiger partial charge on any atom is -0.324 e. The summed E-state index contributed by atoms with van der Waals surface area (Å²) in [4.78, 5) is 23.1. The lowest BCUT2D eigenvalue weighted by atomic mass is 9.89. The molecule has 0 radical (unpaired) electrons. The molecule has 1 aromatic carbocycles. The van der Waals surface area contributed by atoms with E-state index in [2.05, 4.69) is 24.5 Å². The average molecular weight is 275 g/mol. The van der Waals surface area contributed by atoms with Gasteiger partial charge in [-0.3, -0.25) is 9.59 Å². The second-order valence-corrected chi connectivity index (χ2v) is 5.18. The number of nitrogens with two attached hydrogens (primary N) is 1. The van der Waals surface area contributed by atoms with Crippen molar-refractivity contribution in [3.05, 3.63) is 23.8 Å². The fourth-order valence-corrected chi connectivity index (χ4v) is 2.58. The molecule has 1 aliphatic heterocycles. The highest BCUT2D eigenvalue weighted by Crippen LogP contribution is 2.31. The highest BCUT2D eigenvalue weighted by Gasteiger charge is 2.21. The number of nitrogens with one attached hydrogen (secondary N) is 2. The molecule has 4 N–H and O–H groups in total. The second kappa shape index (κ2) is 6.05. The first-order valence-electron chi connectivity index (χ1n) is 7.04. The molecule has 1 atom stereocenters. The van der Waals surface area contributed by atoms with Gasteiger partial charge in [0.2, 0.25) is 11.8 Å². The lowest BCUT2D eigenvalue weighted by molar-refractivity contribution is -0.123. The number of anilines is 2. The molecule has 0 aliphatic carbocycles. The van der Waals surface area contributed by atoms with Gasteiger partial charge in [-0.2, -0.15) is 0 Å². The van der Waals surface area contributed by atoms with Crippen LogP contribution in [0.5, 0.6) is 0 Å². The molecule has 0 saturated carbocycles. The maximum absolute atomic E-state index is 11.6. The van der Waals surface area contributed by atoms with Gasteiger partial charge >= 0.3 is 0 Å². The van der Waals surface area contributed by atoms with E-state index in [0.29, 0.717) is 17.3 Å². The van der Waals surface area contributed by atoms with Crippen LogP contribution in [-0.2, 0) is 9.59 Å². The molecular weight excluding hydrogens is 254 g/mol. The van der Waals surface area contributed by atoms with E-state index in [-0.39, 0.29) is 24.3 Å². The number of hydrogen-bond donors (Lipinski definition) is 3. The molecule has 2 rings (SSSR count). The van der Waals surface area contributed by atoms with Crippen LogP contribution >= 0.6 is 0 Å². The Labute approximate surface area is 118 Å². The summed E-state index contributed by atoms with van der Waals surface area (Å²) < 4.78 is 0. The standard InChI is InChI=1S/C15H21N3O2/c1-3-9(4-2)15(16)10-5-6-11-12(7-10)18-14(20)8-13(19)17-11/h5-7,9,15H,3-4,8,16H2,1-2H3,(H,17,19)(H,18,20). The fourth-order valence-electron chi connectivity index (χ4n) is 2.58. The van der Waals surface area contributed by atoms with Crippen molar-refractivity contribution in [1.29, 1.82) is 0 Å². The number of fused-ring (bicyclic) bond motifs is 1. The van der Waals surface area contributed by atoms with E-state index in [1.165, 1.54) is 0 Å². The van der Waals surface area contributed by atoms with Gasteiger partial charge in [-0.1, -0.05) is 32.8 Å². The van der Waals surface area contributed by atoms with Gasteiger partial charge in [0, 0.05) is 6.04 Å². The first kappa shape index (κ1) is 14.5. The molecule has 5 nitrogen and oxygen atoms in total. The molecule has 0 fully saturated rings. The normalized spacial score (nSPS) is 16.2. The highest BCUT2D eigenvalue weighted by molar-refractivity contribution is 6.13. The van der Waals surface area contributed by atoms with Crippen LogP contribution in [0.25, 0.3) is 0 Å². The van der Waals surface area contributed by atoms with Gasteiger partial charge in [-0.25, -0.2) is 0 Å². The second-order valence-electron chi connectivity index (χ2n) is 5.18. The predicted molar refractivity (Wildman–Crippen MR) is 79.3 cm³/mol. The summed E-state index contributed by atoms with van der Waals surface area (Å²) in [6, 6.07) is 5.52. The van der Waals surface area contributed by atoms with Crippen molar-refractivity contribution in [2.24, 2.45) is 11.7 Å². The summed E-state index contributed by atoms with van der Waals surface area (Å²) in [7, 11) is 0. The highest BCUT2D eigenvalue weighted by atomic mass is 16.2. The van der Waals surface area contributed by atoms with E-state index in [9.17, 15) is 9.59 Å². The van der Waals surface area contributed by atoms with Gasteiger partial charge in [0.05, 0.1) is 11.4 Å². The molecule has 0 saturated heterocycles. The van der Waals surface area contributed by atoms with Crippen LogP contribution in [0.15, 0.2) is 18.2 Å². The molecule has 108 valence electrons. The van der Waals surface area contributed by atoms with E-state index >= 15 is 0 Å². The van der Waals surface area contributed by atoms with E-state index in [0.717, 1.165) is 18.4 Å². The molecule has 5 heteroatoms. The number of carbonyl (C=O) groups is 2. The minimum absolute atomic E-state index is 0.0637. The third kappa shape index (κ3) is 2.99. The summed E-state index contributed by atoms with van der Waals surface area (Å²) in [5.41, 5.74) is 8.53. The van der Waals surface area contributed by atoms with Crippen molar-refractivity contribution in [2.45, 2.75) is 39.2 Å². The molecule has 1 heterocycles. The summed E-state index contributed by atoms with van der Waals surface area (Å²) >= 11 is 0. The third-order valence-electron chi connectivity index (χ3n) is 3.85. The van der Waals surface area contributed by atoms with E-state index in [1.807, 2.05) is 12.1 Å². The Bertz CT molecular complexity index is 524. The minimum atomic E-state index is -0.297. The number of carbonyl (C=O) groups excluding carboxylic acids is 2. The van der Waals surface area contributed by atoms with Crippen molar-refractivity contribution in [3.8, 4) is 0 Å². The van der Waals surface area contributed by atoms with E-state index in [4.69, 9.17) is 5.73 Å². The molecule has 1 aliphatic rings. The topological polar surface area (TPSA) is 84.2 Å². The monoisotopic (exact) mass is 275 g/mol. The zero-order valence-electron chi connectivity index (χ0n) is 11.9. The number of amides is 2. The van der Waals surface area contributed by atoms with Gasteiger partial charge in [0.25, 0.3) is 0 Å². The largest absolute Gasteiger partial charge is 0.324 e. The van der Waals surface area contributed by atoms with Gasteiger partial charge in [0.1, 0.15) is 6.42 Å². The first-order valence-corrected chi connectivity index (χ1v) is 7.04. The Morgan fingerprint density at radius 1 is 1.10 bits per heavy atom. The lowest BCUT2D eigenvalue weighted by Gasteiger charge is -2.22. The van der Waals surface area contributed by atoms with Crippen molar-refractivity contribution in [1.82, 2.24) is 0 Å². The quantitative estimate of drug-likeness (QED) is 0.738. The zero-order chi connectivity index (χ0) is 14.7. The smallest absolute Gasteiger partial charge is 0.233 e. The Hall–Kier alpha value is -1.88. The number of rotatable bonds is 4. The molecular formula is C15H21N3O2.